The maximum absolute atomic E-state index is 12.8. The van der Waals surface area contributed by atoms with Crippen LogP contribution in [0, 0.1) is 0 Å². The molecule has 4 heteroatoms. The lowest BCUT2D eigenvalue weighted by Crippen LogP contribution is -2.34. The fraction of sp³-hybridized carbons (Fsp3) is 0.316. The van der Waals surface area contributed by atoms with Gasteiger partial charge < -0.3 is 4.90 Å². The number of carbonyl (C=O) groups excluding carboxylic acids is 1. The predicted octanol–water partition coefficient (Wildman–Crippen LogP) is 5.40. The standard InChI is InChI=1S/C19H19Cl2NO/c20-16-10-8-14(9-11-16)15-5-3-4-12-22(13-15)19(23)17-6-1-2-7-18(17)21/h1-2,6-11,15H,3-5,12-13H2. The monoisotopic (exact) mass is 347 g/mol. The Morgan fingerprint density at radius 2 is 1.74 bits per heavy atom. The van der Waals surface area contributed by atoms with E-state index in [0.717, 1.165) is 37.4 Å². The van der Waals surface area contributed by atoms with E-state index in [1.54, 1.807) is 12.1 Å². The largest absolute Gasteiger partial charge is 0.338 e. The molecular weight excluding hydrogens is 329 g/mol. The normalized spacial score (nSPS) is 18.5. The molecule has 120 valence electrons. The maximum atomic E-state index is 12.8. The Balaban J connectivity index is 1.81. The van der Waals surface area contributed by atoms with Crippen molar-refractivity contribution < 1.29 is 4.79 Å². The molecule has 0 N–H and O–H groups in total. The minimum atomic E-state index is 0.0245. The van der Waals surface area contributed by atoms with Crippen LogP contribution in [0.4, 0.5) is 0 Å². The van der Waals surface area contributed by atoms with Gasteiger partial charge in [-0.1, -0.05) is 53.9 Å². The zero-order chi connectivity index (χ0) is 16.2. The first-order valence-corrected chi connectivity index (χ1v) is 8.70. The van der Waals surface area contributed by atoms with Crippen LogP contribution in [0.2, 0.25) is 10.0 Å². The quantitative estimate of drug-likeness (QED) is 0.711. The molecule has 3 rings (SSSR count). The van der Waals surface area contributed by atoms with Crippen LogP contribution < -0.4 is 0 Å². The van der Waals surface area contributed by atoms with E-state index in [-0.39, 0.29) is 5.91 Å². The summed E-state index contributed by atoms with van der Waals surface area (Å²) in [4.78, 5) is 14.8. The van der Waals surface area contributed by atoms with Crippen LogP contribution in [0.25, 0.3) is 0 Å². The molecular formula is C19H19Cl2NO. The molecule has 23 heavy (non-hydrogen) atoms. The van der Waals surface area contributed by atoms with E-state index in [2.05, 4.69) is 12.1 Å². The summed E-state index contributed by atoms with van der Waals surface area (Å²) in [5.41, 5.74) is 1.83. The molecule has 1 fully saturated rings. The third kappa shape index (κ3) is 3.88. The molecule has 1 unspecified atom stereocenters. The second-order valence-electron chi connectivity index (χ2n) is 5.98. The zero-order valence-electron chi connectivity index (χ0n) is 12.8. The molecule has 0 saturated carbocycles. The first kappa shape index (κ1) is 16.4. The summed E-state index contributed by atoms with van der Waals surface area (Å²) >= 11 is 12.2. The molecule has 1 atom stereocenters. The van der Waals surface area contributed by atoms with Gasteiger partial charge in [-0.3, -0.25) is 4.79 Å². The fourth-order valence-electron chi connectivity index (χ4n) is 3.14. The maximum Gasteiger partial charge on any atom is 0.255 e. The van der Waals surface area contributed by atoms with Crippen molar-refractivity contribution in [2.75, 3.05) is 13.1 Å². The van der Waals surface area contributed by atoms with Crippen molar-refractivity contribution in [2.45, 2.75) is 25.2 Å². The summed E-state index contributed by atoms with van der Waals surface area (Å²) in [5.74, 6) is 0.373. The van der Waals surface area contributed by atoms with Crippen LogP contribution in [0.1, 0.15) is 41.1 Å². The summed E-state index contributed by atoms with van der Waals surface area (Å²) in [5, 5.41) is 1.26. The van der Waals surface area contributed by atoms with Gasteiger partial charge in [-0.15, -0.1) is 0 Å². The first-order valence-electron chi connectivity index (χ1n) is 7.94. The number of hydrogen-bond acceptors (Lipinski definition) is 1. The molecule has 1 saturated heterocycles. The Morgan fingerprint density at radius 1 is 1.00 bits per heavy atom. The molecule has 0 bridgehead atoms. The third-order valence-corrected chi connectivity index (χ3v) is 4.99. The van der Waals surface area contributed by atoms with E-state index in [9.17, 15) is 4.79 Å². The van der Waals surface area contributed by atoms with Gasteiger partial charge in [0.2, 0.25) is 0 Å². The van der Waals surface area contributed by atoms with Gasteiger partial charge in [0, 0.05) is 24.0 Å². The van der Waals surface area contributed by atoms with Crippen LogP contribution in [-0.4, -0.2) is 23.9 Å². The molecule has 2 nitrogen and oxygen atoms in total. The van der Waals surface area contributed by atoms with Gasteiger partial charge in [0.05, 0.1) is 10.6 Å². The lowest BCUT2D eigenvalue weighted by atomic mass is 9.94. The molecule has 1 aliphatic rings. The van der Waals surface area contributed by atoms with E-state index in [4.69, 9.17) is 23.2 Å². The second-order valence-corrected chi connectivity index (χ2v) is 6.82. The van der Waals surface area contributed by atoms with E-state index in [0.29, 0.717) is 16.5 Å². The van der Waals surface area contributed by atoms with E-state index >= 15 is 0 Å². The van der Waals surface area contributed by atoms with Crippen molar-refractivity contribution in [1.29, 1.82) is 0 Å². The molecule has 0 radical (unpaired) electrons. The smallest absolute Gasteiger partial charge is 0.255 e. The number of benzene rings is 2. The van der Waals surface area contributed by atoms with Crippen molar-refractivity contribution in [3.05, 3.63) is 69.7 Å². The summed E-state index contributed by atoms with van der Waals surface area (Å²) in [7, 11) is 0. The van der Waals surface area contributed by atoms with Gasteiger partial charge in [-0.05, 0) is 42.7 Å². The molecule has 0 aromatic heterocycles. The zero-order valence-corrected chi connectivity index (χ0v) is 14.4. The number of carbonyl (C=O) groups is 1. The SMILES string of the molecule is O=C(c1ccccc1Cl)N1CCCCC(c2ccc(Cl)cc2)C1. The highest BCUT2D eigenvalue weighted by atomic mass is 35.5. The molecule has 1 heterocycles. The Hall–Kier alpha value is -1.51. The van der Waals surface area contributed by atoms with E-state index in [1.165, 1.54) is 5.56 Å². The highest BCUT2D eigenvalue weighted by Crippen LogP contribution is 2.29. The number of amides is 1. The number of halogens is 2. The third-order valence-electron chi connectivity index (χ3n) is 4.40. The van der Waals surface area contributed by atoms with Gasteiger partial charge >= 0.3 is 0 Å². The molecule has 2 aromatic rings. The number of rotatable bonds is 2. The highest BCUT2D eigenvalue weighted by molar-refractivity contribution is 6.33. The predicted molar refractivity (Wildman–Crippen MR) is 95.4 cm³/mol. The molecule has 2 aromatic carbocycles. The average molecular weight is 348 g/mol. The van der Waals surface area contributed by atoms with Crippen LogP contribution in [-0.2, 0) is 0 Å². The van der Waals surface area contributed by atoms with Gasteiger partial charge in [0.25, 0.3) is 5.91 Å². The van der Waals surface area contributed by atoms with Crippen LogP contribution in [0.3, 0.4) is 0 Å². The second kappa shape index (κ2) is 7.37. The number of nitrogens with zero attached hydrogens (tertiary/aromatic N) is 1. The number of likely N-dealkylation sites (tertiary alicyclic amines) is 1. The lowest BCUT2D eigenvalue weighted by Gasteiger charge is -2.25. The summed E-state index contributed by atoms with van der Waals surface area (Å²) in [6, 6.07) is 15.2. The summed E-state index contributed by atoms with van der Waals surface area (Å²) in [6.07, 6.45) is 3.24. The molecule has 0 spiro atoms. The van der Waals surface area contributed by atoms with Crippen LogP contribution in [0.15, 0.2) is 48.5 Å². The van der Waals surface area contributed by atoms with Crippen LogP contribution in [0.5, 0.6) is 0 Å². The van der Waals surface area contributed by atoms with Crippen molar-refractivity contribution in [3.8, 4) is 0 Å². The van der Waals surface area contributed by atoms with Crippen molar-refractivity contribution in [1.82, 2.24) is 4.90 Å². The Bertz CT molecular complexity index is 684. The van der Waals surface area contributed by atoms with Gasteiger partial charge in [0.15, 0.2) is 0 Å². The number of hydrogen-bond donors (Lipinski definition) is 0. The topological polar surface area (TPSA) is 20.3 Å². The Kier molecular flexibility index (Phi) is 5.24. The Morgan fingerprint density at radius 3 is 2.48 bits per heavy atom. The highest BCUT2D eigenvalue weighted by Gasteiger charge is 2.25. The van der Waals surface area contributed by atoms with Gasteiger partial charge in [-0.2, -0.15) is 0 Å². The van der Waals surface area contributed by atoms with Crippen molar-refractivity contribution >= 4 is 29.1 Å². The first-order chi connectivity index (χ1) is 11.1. The Labute approximate surface area is 147 Å². The minimum absolute atomic E-state index is 0.0245. The van der Waals surface area contributed by atoms with E-state index < -0.39 is 0 Å². The minimum Gasteiger partial charge on any atom is -0.338 e. The van der Waals surface area contributed by atoms with Gasteiger partial charge in [0.1, 0.15) is 0 Å². The average Bonchev–Trinajstić information content (AvgIpc) is 2.81. The molecule has 1 aliphatic heterocycles. The summed E-state index contributed by atoms with van der Waals surface area (Å²) < 4.78 is 0. The van der Waals surface area contributed by atoms with Gasteiger partial charge in [-0.25, -0.2) is 0 Å². The molecule has 1 amide bonds. The lowest BCUT2D eigenvalue weighted by molar-refractivity contribution is 0.0754. The van der Waals surface area contributed by atoms with Crippen molar-refractivity contribution in [3.63, 3.8) is 0 Å². The fourth-order valence-corrected chi connectivity index (χ4v) is 3.48. The molecule has 0 aliphatic carbocycles. The summed E-state index contributed by atoms with van der Waals surface area (Å²) in [6.45, 7) is 1.51. The van der Waals surface area contributed by atoms with Crippen LogP contribution >= 0.6 is 23.2 Å². The van der Waals surface area contributed by atoms with Crippen molar-refractivity contribution in [2.24, 2.45) is 0 Å². The van der Waals surface area contributed by atoms with E-state index in [1.807, 2.05) is 29.2 Å².